The Bertz CT molecular complexity index is 679. The van der Waals surface area contributed by atoms with Crippen LogP contribution in [-0.4, -0.2) is 16.1 Å². The van der Waals surface area contributed by atoms with Crippen molar-refractivity contribution in [2.75, 3.05) is 0 Å². The van der Waals surface area contributed by atoms with Crippen molar-refractivity contribution in [3.63, 3.8) is 0 Å². The van der Waals surface area contributed by atoms with E-state index < -0.39 is 17.7 Å². The van der Waals surface area contributed by atoms with Crippen molar-refractivity contribution in [1.29, 1.82) is 0 Å². The minimum Gasteiger partial charge on any atom is -0.481 e. The van der Waals surface area contributed by atoms with Gasteiger partial charge in [-0.05, 0) is 30.2 Å². The second-order valence-electron chi connectivity index (χ2n) is 4.80. The van der Waals surface area contributed by atoms with Gasteiger partial charge in [-0.15, -0.1) is 0 Å². The Hall–Kier alpha value is -2.37. The molecule has 0 aliphatic heterocycles. The Morgan fingerprint density at radius 1 is 1.14 bits per heavy atom. The van der Waals surface area contributed by atoms with Gasteiger partial charge in [0.2, 0.25) is 0 Å². The number of alkyl halides is 3. The van der Waals surface area contributed by atoms with Gasteiger partial charge < -0.3 is 5.11 Å². The van der Waals surface area contributed by atoms with Crippen molar-refractivity contribution in [2.24, 2.45) is 0 Å². The molecule has 2 rings (SSSR count). The molecular formula is C16H14F3NO2. The number of hydrogen-bond acceptors (Lipinski definition) is 2. The van der Waals surface area contributed by atoms with Gasteiger partial charge in [0.05, 0.1) is 17.7 Å². The number of hydrogen-bond donors (Lipinski definition) is 1. The Kier molecular flexibility index (Phi) is 4.49. The Morgan fingerprint density at radius 3 is 2.27 bits per heavy atom. The molecule has 0 unspecified atom stereocenters. The lowest BCUT2D eigenvalue weighted by molar-refractivity contribution is -0.138. The second kappa shape index (κ2) is 6.17. The van der Waals surface area contributed by atoms with Gasteiger partial charge in [-0.1, -0.05) is 25.1 Å². The molecule has 0 spiro atoms. The maximum atomic E-state index is 12.5. The zero-order valence-electron chi connectivity index (χ0n) is 11.8. The van der Waals surface area contributed by atoms with Crippen LogP contribution in [-0.2, 0) is 23.8 Å². The first-order valence-electron chi connectivity index (χ1n) is 6.69. The molecule has 3 nitrogen and oxygen atoms in total. The summed E-state index contributed by atoms with van der Waals surface area (Å²) in [6.45, 7) is 1.85. The lowest BCUT2D eigenvalue weighted by Crippen LogP contribution is -2.06. The van der Waals surface area contributed by atoms with Crippen LogP contribution in [0.2, 0.25) is 0 Å². The van der Waals surface area contributed by atoms with Crippen LogP contribution < -0.4 is 0 Å². The van der Waals surface area contributed by atoms with E-state index in [4.69, 9.17) is 5.11 Å². The highest BCUT2D eigenvalue weighted by molar-refractivity contribution is 5.71. The zero-order valence-corrected chi connectivity index (χ0v) is 11.8. The lowest BCUT2D eigenvalue weighted by atomic mass is 10.0. The fourth-order valence-electron chi connectivity index (χ4n) is 2.15. The summed E-state index contributed by atoms with van der Waals surface area (Å²) in [5, 5.41) is 8.85. The smallest absolute Gasteiger partial charge is 0.416 e. The average molecular weight is 309 g/mol. The topological polar surface area (TPSA) is 50.2 Å². The molecule has 2 aromatic rings. The van der Waals surface area contributed by atoms with Crippen LogP contribution in [0.5, 0.6) is 0 Å². The summed E-state index contributed by atoms with van der Waals surface area (Å²) in [5.41, 5.74) is 1.63. The summed E-state index contributed by atoms with van der Waals surface area (Å²) < 4.78 is 37.6. The molecule has 1 aromatic carbocycles. The van der Waals surface area contributed by atoms with Crippen LogP contribution in [0.25, 0.3) is 11.3 Å². The third-order valence-corrected chi connectivity index (χ3v) is 3.25. The first-order valence-corrected chi connectivity index (χ1v) is 6.69. The van der Waals surface area contributed by atoms with Crippen LogP contribution in [0.3, 0.4) is 0 Å². The fourth-order valence-corrected chi connectivity index (χ4v) is 2.15. The van der Waals surface area contributed by atoms with E-state index in [0.29, 0.717) is 28.9 Å². The quantitative estimate of drug-likeness (QED) is 0.930. The number of pyridine rings is 1. The minimum atomic E-state index is -4.37. The number of halogens is 3. The Balaban J connectivity index is 2.35. The van der Waals surface area contributed by atoms with E-state index in [1.54, 1.807) is 12.1 Å². The molecule has 0 fully saturated rings. The van der Waals surface area contributed by atoms with Gasteiger partial charge in [0.1, 0.15) is 0 Å². The van der Waals surface area contributed by atoms with Crippen molar-refractivity contribution in [3.05, 3.63) is 53.2 Å². The maximum Gasteiger partial charge on any atom is 0.416 e. The Labute approximate surface area is 125 Å². The molecule has 0 radical (unpaired) electrons. The highest BCUT2D eigenvalue weighted by Gasteiger charge is 2.30. The number of aliphatic carboxylic acids is 1. The molecule has 1 aromatic heterocycles. The number of carboxylic acids is 1. The van der Waals surface area contributed by atoms with E-state index in [-0.39, 0.29) is 6.42 Å². The number of nitrogens with zero attached hydrogens (tertiary/aromatic N) is 1. The van der Waals surface area contributed by atoms with E-state index >= 15 is 0 Å². The zero-order chi connectivity index (χ0) is 16.3. The molecule has 1 N–H and O–H groups in total. The molecule has 6 heteroatoms. The first-order chi connectivity index (χ1) is 10.3. The van der Waals surface area contributed by atoms with Crippen molar-refractivity contribution in [3.8, 4) is 11.3 Å². The van der Waals surface area contributed by atoms with Crippen LogP contribution in [0.1, 0.15) is 23.7 Å². The van der Waals surface area contributed by atoms with Gasteiger partial charge in [0, 0.05) is 11.3 Å². The predicted molar refractivity (Wildman–Crippen MR) is 75.4 cm³/mol. The highest BCUT2D eigenvalue weighted by atomic mass is 19.4. The first kappa shape index (κ1) is 16.0. The standard InChI is InChI=1S/C16H14F3NO2/c1-2-13-11(9-15(21)22)5-8-14(20-13)10-3-6-12(7-4-10)16(17,18)19/h3-8H,2,9H2,1H3,(H,21,22). The molecule has 1 heterocycles. The fraction of sp³-hybridized carbons (Fsp3) is 0.250. The molecule has 0 aliphatic rings. The highest BCUT2D eigenvalue weighted by Crippen LogP contribution is 2.30. The van der Waals surface area contributed by atoms with Crippen LogP contribution >= 0.6 is 0 Å². The van der Waals surface area contributed by atoms with Crippen LogP contribution in [0, 0.1) is 0 Å². The Morgan fingerprint density at radius 2 is 1.77 bits per heavy atom. The predicted octanol–water partition coefficient (Wildman–Crippen LogP) is 3.96. The van der Waals surface area contributed by atoms with Crippen molar-refractivity contribution in [1.82, 2.24) is 4.98 Å². The summed E-state index contributed by atoms with van der Waals surface area (Å²) in [5.74, 6) is -0.946. The summed E-state index contributed by atoms with van der Waals surface area (Å²) >= 11 is 0. The summed E-state index contributed by atoms with van der Waals surface area (Å²) in [6.07, 6.45) is -3.94. The lowest BCUT2D eigenvalue weighted by Gasteiger charge is -2.10. The van der Waals surface area contributed by atoms with Crippen molar-refractivity contribution in [2.45, 2.75) is 25.9 Å². The summed E-state index contributed by atoms with van der Waals surface area (Å²) in [4.78, 5) is 15.2. The number of carboxylic acid groups (broad SMARTS) is 1. The third kappa shape index (κ3) is 3.63. The summed E-state index contributed by atoms with van der Waals surface area (Å²) in [6, 6.07) is 8.03. The van der Waals surface area contributed by atoms with Gasteiger partial charge >= 0.3 is 12.1 Å². The molecule has 0 aliphatic carbocycles. The van der Waals surface area contributed by atoms with Gasteiger partial charge in [0.15, 0.2) is 0 Å². The third-order valence-electron chi connectivity index (χ3n) is 3.25. The molecule has 0 saturated carbocycles. The van der Waals surface area contributed by atoms with Gasteiger partial charge in [-0.3, -0.25) is 9.78 Å². The van der Waals surface area contributed by atoms with Crippen LogP contribution in [0.15, 0.2) is 36.4 Å². The van der Waals surface area contributed by atoms with Gasteiger partial charge in [-0.2, -0.15) is 13.2 Å². The molecule has 0 saturated heterocycles. The second-order valence-corrected chi connectivity index (χ2v) is 4.80. The number of carbonyl (C=O) groups is 1. The number of aryl methyl sites for hydroxylation is 1. The van der Waals surface area contributed by atoms with E-state index in [1.165, 1.54) is 12.1 Å². The van der Waals surface area contributed by atoms with E-state index in [2.05, 4.69) is 4.98 Å². The van der Waals surface area contributed by atoms with Gasteiger partial charge in [-0.25, -0.2) is 0 Å². The molecule has 22 heavy (non-hydrogen) atoms. The molecule has 0 atom stereocenters. The molecular weight excluding hydrogens is 295 g/mol. The van der Waals surface area contributed by atoms with E-state index in [0.717, 1.165) is 12.1 Å². The van der Waals surface area contributed by atoms with Crippen molar-refractivity contribution < 1.29 is 23.1 Å². The van der Waals surface area contributed by atoms with E-state index in [9.17, 15) is 18.0 Å². The molecule has 116 valence electrons. The normalized spacial score (nSPS) is 11.5. The van der Waals surface area contributed by atoms with Gasteiger partial charge in [0.25, 0.3) is 0 Å². The van der Waals surface area contributed by atoms with Crippen LogP contribution in [0.4, 0.5) is 13.2 Å². The SMILES string of the molecule is CCc1nc(-c2ccc(C(F)(F)F)cc2)ccc1CC(=O)O. The number of rotatable bonds is 4. The molecule has 0 bridgehead atoms. The molecule has 0 amide bonds. The number of aromatic nitrogens is 1. The number of benzene rings is 1. The summed E-state index contributed by atoms with van der Waals surface area (Å²) in [7, 11) is 0. The average Bonchev–Trinajstić information content (AvgIpc) is 2.46. The maximum absolute atomic E-state index is 12.5. The van der Waals surface area contributed by atoms with E-state index in [1.807, 2.05) is 6.92 Å². The van der Waals surface area contributed by atoms with Crippen molar-refractivity contribution >= 4 is 5.97 Å². The largest absolute Gasteiger partial charge is 0.481 e. The monoisotopic (exact) mass is 309 g/mol. The minimum absolute atomic E-state index is 0.122.